The number of nitrogens with zero attached hydrogens (tertiary/aromatic N) is 1. The number of halogens is 1. The molecule has 1 aromatic carbocycles. The van der Waals surface area contributed by atoms with E-state index in [2.05, 4.69) is 23.8 Å². The summed E-state index contributed by atoms with van der Waals surface area (Å²) in [6.45, 7) is 5.54. The van der Waals surface area contributed by atoms with E-state index in [1.807, 2.05) is 0 Å². The molecule has 5 nitrogen and oxygen atoms in total. The van der Waals surface area contributed by atoms with Gasteiger partial charge in [-0.05, 0) is 45.4 Å². The van der Waals surface area contributed by atoms with Crippen molar-refractivity contribution in [1.82, 2.24) is 9.97 Å². The van der Waals surface area contributed by atoms with Crippen molar-refractivity contribution in [3.8, 4) is 5.75 Å². The van der Waals surface area contributed by atoms with E-state index in [-0.39, 0.29) is 11.0 Å². The lowest BCUT2D eigenvalue weighted by Gasteiger charge is -2.35. The molecule has 1 saturated heterocycles. The molecule has 28 heavy (non-hydrogen) atoms. The smallest absolute Gasteiger partial charge is 0.261 e. The number of benzene rings is 1. The second-order valence-corrected chi connectivity index (χ2v) is 9.74. The molecule has 4 rings (SSSR count). The van der Waals surface area contributed by atoms with Crippen LogP contribution in [0.15, 0.2) is 16.9 Å². The fourth-order valence-corrected chi connectivity index (χ4v) is 5.10. The molecule has 152 valence electrons. The number of hydrogen-bond acceptors (Lipinski definition) is 5. The van der Waals surface area contributed by atoms with E-state index in [1.54, 1.807) is 17.8 Å². The summed E-state index contributed by atoms with van der Waals surface area (Å²) in [6, 6.07) is 2.97. The molecule has 0 spiro atoms. The van der Waals surface area contributed by atoms with Crippen molar-refractivity contribution in [2.45, 2.75) is 62.6 Å². The van der Waals surface area contributed by atoms with Crippen molar-refractivity contribution < 1.29 is 13.9 Å². The summed E-state index contributed by atoms with van der Waals surface area (Å²) in [5, 5.41) is 0.454. The van der Waals surface area contributed by atoms with Crippen LogP contribution >= 0.6 is 11.8 Å². The highest BCUT2D eigenvalue weighted by molar-refractivity contribution is 7.99. The Morgan fingerprint density at radius 2 is 2.18 bits per heavy atom. The second kappa shape index (κ2) is 8.03. The highest BCUT2D eigenvalue weighted by Crippen LogP contribution is 2.33. The van der Waals surface area contributed by atoms with Crippen LogP contribution in [0, 0.1) is 11.7 Å². The summed E-state index contributed by atoms with van der Waals surface area (Å²) in [4.78, 5) is 19.7. The van der Waals surface area contributed by atoms with Crippen molar-refractivity contribution in [3.05, 3.63) is 34.1 Å². The number of ether oxygens (including phenoxy) is 2. The first-order valence-corrected chi connectivity index (χ1v) is 11.1. The lowest BCUT2D eigenvalue weighted by atomic mass is 9.86. The van der Waals surface area contributed by atoms with Crippen LogP contribution in [0.4, 0.5) is 4.39 Å². The average Bonchev–Trinajstić information content (AvgIpc) is 2.57. The number of rotatable bonds is 6. The van der Waals surface area contributed by atoms with Crippen molar-refractivity contribution in [1.29, 1.82) is 0 Å². The molecule has 0 amide bonds. The fourth-order valence-electron chi connectivity index (χ4n) is 3.79. The highest BCUT2D eigenvalue weighted by atomic mass is 32.2. The van der Waals surface area contributed by atoms with E-state index < -0.39 is 11.4 Å². The van der Waals surface area contributed by atoms with E-state index in [0.717, 1.165) is 19.4 Å². The molecular formula is C21H27FN2O3S. The molecule has 2 fully saturated rings. The van der Waals surface area contributed by atoms with Crippen molar-refractivity contribution in [2.24, 2.45) is 5.92 Å². The van der Waals surface area contributed by atoms with Crippen molar-refractivity contribution in [2.75, 3.05) is 13.2 Å². The number of aromatic nitrogens is 2. The number of H-pyrrole nitrogens is 1. The normalized spacial score (nSPS) is 22.2. The van der Waals surface area contributed by atoms with Crippen LogP contribution in [-0.4, -0.2) is 34.0 Å². The Hall–Kier alpha value is -1.60. The Labute approximate surface area is 168 Å². The third kappa shape index (κ3) is 4.51. The van der Waals surface area contributed by atoms with E-state index in [0.29, 0.717) is 40.6 Å². The average molecular weight is 407 g/mol. The van der Waals surface area contributed by atoms with Gasteiger partial charge in [0.25, 0.3) is 5.56 Å². The minimum atomic E-state index is -0.583. The number of fused-ring (bicyclic) bond motifs is 1. The van der Waals surface area contributed by atoms with Crippen LogP contribution in [0.2, 0.25) is 0 Å². The molecule has 1 aliphatic carbocycles. The largest absolute Gasteiger partial charge is 0.493 e. The van der Waals surface area contributed by atoms with Crippen LogP contribution in [0.3, 0.4) is 0 Å². The Morgan fingerprint density at radius 3 is 2.89 bits per heavy atom. The maximum Gasteiger partial charge on any atom is 0.261 e. The molecular weight excluding hydrogens is 379 g/mol. The summed E-state index contributed by atoms with van der Waals surface area (Å²) in [5.41, 5.74) is -0.193. The van der Waals surface area contributed by atoms with E-state index in [1.165, 1.54) is 25.3 Å². The molecule has 1 aromatic heterocycles. The molecule has 1 N–H and O–H groups in total. The Morgan fingerprint density at radius 1 is 1.36 bits per heavy atom. The molecule has 1 atom stereocenters. The Balaban J connectivity index is 1.49. The van der Waals surface area contributed by atoms with Crippen LogP contribution in [0.25, 0.3) is 10.9 Å². The van der Waals surface area contributed by atoms with Crippen LogP contribution in [0.1, 0.15) is 51.8 Å². The molecule has 1 aliphatic heterocycles. The van der Waals surface area contributed by atoms with Crippen molar-refractivity contribution in [3.63, 3.8) is 0 Å². The first-order chi connectivity index (χ1) is 13.4. The fraction of sp³-hybridized carbons (Fsp3) is 0.619. The van der Waals surface area contributed by atoms with Gasteiger partial charge in [0.1, 0.15) is 22.8 Å². The van der Waals surface area contributed by atoms with Gasteiger partial charge < -0.3 is 14.5 Å². The monoisotopic (exact) mass is 406 g/mol. The van der Waals surface area contributed by atoms with Gasteiger partial charge in [0.05, 0.1) is 23.5 Å². The molecule has 1 unspecified atom stereocenters. The number of aromatic amines is 1. The predicted octanol–water partition coefficient (Wildman–Crippen LogP) is 4.43. The zero-order chi connectivity index (χ0) is 19.7. The molecule has 0 bridgehead atoms. The number of thioether (sulfide) groups is 1. The van der Waals surface area contributed by atoms with Gasteiger partial charge in [-0.3, -0.25) is 4.79 Å². The zero-order valence-corrected chi connectivity index (χ0v) is 17.2. The first-order valence-electron chi connectivity index (χ1n) is 10.0. The van der Waals surface area contributed by atoms with Crippen LogP contribution < -0.4 is 10.3 Å². The van der Waals surface area contributed by atoms with Crippen LogP contribution in [-0.2, 0) is 10.5 Å². The molecule has 2 heterocycles. The topological polar surface area (TPSA) is 64.2 Å². The van der Waals surface area contributed by atoms with E-state index in [4.69, 9.17) is 9.47 Å². The van der Waals surface area contributed by atoms with Gasteiger partial charge >= 0.3 is 0 Å². The van der Waals surface area contributed by atoms with Gasteiger partial charge in [-0.15, -0.1) is 0 Å². The maximum atomic E-state index is 14.5. The molecule has 1 saturated carbocycles. The quantitative estimate of drug-likeness (QED) is 0.769. The second-order valence-electron chi connectivity index (χ2n) is 8.45. The summed E-state index contributed by atoms with van der Waals surface area (Å²) >= 11 is 1.77. The summed E-state index contributed by atoms with van der Waals surface area (Å²) in [5.74, 6) is 1.57. The zero-order valence-electron chi connectivity index (χ0n) is 16.4. The van der Waals surface area contributed by atoms with Gasteiger partial charge in [0, 0.05) is 24.0 Å². The Bertz CT molecular complexity index is 910. The van der Waals surface area contributed by atoms with Gasteiger partial charge in [0.15, 0.2) is 0 Å². The molecule has 0 radical (unpaired) electrons. The van der Waals surface area contributed by atoms with E-state index >= 15 is 0 Å². The summed E-state index contributed by atoms with van der Waals surface area (Å²) in [7, 11) is 0. The summed E-state index contributed by atoms with van der Waals surface area (Å²) < 4.78 is 26.0. The van der Waals surface area contributed by atoms with Gasteiger partial charge in [0.2, 0.25) is 0 Å². The first kappa shape index (κ1) is 19.7. The van der Waals surface area contributed by atoms with Gasteiger partial charge in [-0.1, -0.05) is 6.42 Å². The summed E-state index contributed by atoms with van der Waals surface area (Å²) in [6.07, 6.45) is 5.52. The third-order valence-corrected chi connectivity index (χ3v) is 6.92. The van der Waals surface area contributed by atoms with E-state index in [9.17, 15) is 9.18 Å². The van der Waals surface area contributed by atoms with Crippen molar-refractivity contribution >= 4 is 22.7 Å². The molecule has 2 aromatic rings. The Kier molecular flexibility index (Phi) is 5.65. The minimum absolute atomic E-state index is 0.00283. The third-order valence-electron chi connectivity index (χ3n) is 5.60. The number of hydrogen-bond donors (Lipinski definition) is 1. The van der Waals surface area contributed by atoms with Gasteiger partial charge in [-0.25, -0.2) is 9.37 Å². The van der Waals surface area contributed by atoms with Crippen LogP contribution in [0.5, 0.6) is 5.75 Å². The lowest BCUT2D eigenvalue weighted by molar-refractivity contribution is -0.0485. The van der Waals surface area contributed by atoms with Gasteiger partial charge in [-0.2, -0.15) is 11.8 Å². The molecule has 2 aliphatic rings. The maximum absolute atomic E-state index is 14.5. The standard InChI is InChI=1S/C21H27FN2O3S/c1-21(2)10-15(6-7-27-21)28-12-18-23-17-9-14(26-11-13-4-3-5-13)8-16(22)19(17)20(25)24-18/h8-9,13,15H,3-7,10-12H2,1-2H3,(H,23,24,25). The minimum Gasteiger partial charge on any atom is -0.493 e. The highest BCUT2D eigenvalue weighted by Gasteiger charge is 2.29. The lowest BCUT2D eigenvalue weighted by Crippen LogP contribution is -2.35. The molecule has 7 heteroatoms. The predicted molar refractivity (Wildman–Crippen MR) is 110 cm³/mol. The SMILES string of the molecule is CC1(C)CC(SCc2nc3cc(OCC4CCC4)cc(F)c3c(=O)[nH]2)CCO1. The number of nitrogens with one attached hydrogen (secondary N) is 1.